The van der Waals surface area contributed by atoms with E-state index in [4.69, 9.17) is 16.3 Å². The lowest BCUT2D eigenvalue weighted by molar-refractivity contribution is 0.417. The number of halogens is 1. The fourth-order valence-corrected chi connectivity index (χ4v) is 3.42. The number of hydrogen-bond donors (Lipinski definition) is 1. The van der Waals surface area contributed by atoms with Crippen LogP contribution in [0.25, 0.3) is 0 Å². The van der Waals surface area contributed by atoms with Crippen molar-refractivity contribution in [2.24, 2.45) is 0 Å². The second-order valence-corrected chi connectivity index (χ2v) is 6.30. The number of benzene rings is 2. The predicted octanol–water partition coefficient (Wildman–Crippen LogP) is 3.46. The topological polar surface area (TPSA) is 55.4 Å². The lowest BCUT2D eigenvalue weighted by atomic mass is 10.2. The fraction of sp³-hybridized carbons (Fsp3) is 0.143. The number of aryl methyl sites for hydroxylation is 1. The number of anilines is 1. The van der Waals surface area contributed by atoms with Gasteiger partial charge in [-0.2, -0.15) is 0 Å². The minimum atomic E-state index is -3.76. The van der Waals surface area contributed by atoms with Gasteiger partial charge >= 0.3 is 0 Å². The molecule has 1 N–H and O–H groups in total. The van der Waals surface area contributed by atoms with Crippen molar-refractivity contribution in [1.29, 1.82) is 0 Å². The van der Waals surface area contributed by atoms with Crippen LogP contribution in [0.15, 0.2) is 47.4 Å². The molecule has 0 aliphatic carbocycles. The van der Waals surface area contributed by atoms with E-state index in [-0.39, 0.29) is 9.92 Å². The lowest BCUT2D eigenvalue weighted by Gasteiger charge is -2.12. The smallest absolute Gasteiger partial charge is 0.263 e. The minimum absolute atomic E-state index is 0.0377. The fourth-order valence-electron chi connectivity index (χ4n) is 1.75. The molecule has 0 amide bonds. The number of ether oxygens (including phenoxy) is 1. The summed E-state index contributed by atoms with van der Waals surface area (Å²) in [5, 5.41) is 0.187. The van der Waals surface area contributed by atoms with E-state index in [1.165, 1.54) is 13.2 Å². The van der Waals surface area contributed by atoms with Crippen molar-refractivity contribution in [2.75, 3.05) is 11.8 Å². The number of nitrogens with one attached hydrogen (secondary N) is 1. The van der Waals surface area contributed by atoms with Crippen LogP contribution in [0.5, 0.6) is 5.75 Å². The molecular formula is C14H14ClNO3S. The lowest BCUT2D eigenvalue weighted by Crippen LogP contribution is -2.14. The van der Waals surface area contributed by atoms with Gasteiger partial charge in [0.15, 0.2) is 0 Å². The molecule has 0 saturated carbocycles. The highest BCUT2D eigenvalue weighted by Gasteiger charge is 2.19. The number of sulfonamides is 1. The average Bonchev–Trinajstić information content (AvgIpc) is 2.38. The van der Waals surface area contributed by atoms with Gasteiger partial charge in [-0.05, 0) is 36.8 Å². The maximum atomic E-state index is 12.4. The standard InChI is InChI=1S/C14H14ClNO3S/c1-10-7-8-14(11(15)9-10)20(17,18)16-12-5-3-4-6-13(12)19-2/h3-9,16H,1-2H3. The van der Waals surface area contributed by atoms with Crippen molar-refractivity contribution < 1.29 is 13.2 Å². The Morgan fingerprint density at radius 1 is 1.15 bits per heavy atom. The second kappa shape index (κ2) is 5.73. The van der Waals surface area contributed by atoms with E-state index in [1.54, 1.807) is 36.4 Å². The van der Waals surface area contributed by atoms with Gasteiger partial charge in [0.25, 0.3) is 10.0 Å². The van der Waals surface area contributed by atoms with E-state index in [0.717, 1.165) is 5.56 Å². The molecule has 20 heavy (non-hydrogen) atoms. The molecule has 0 spiro atoms. The molecule has 6 heteroatoms. The van der Waals surface area contributed by atoms with Crippen molar-refractivity contribution >= 4 is 27.3 Å². The van der Waals surface area contributed by atoms with Crippen LogP contribution in [-0.4, -0.2) is 15.5 Å². The van der Waals surface area contributed by atoms with Crippen LogP contribution in [0.3, 0.4) is 0 Å². The summed E-state index contributed by atoms with van der Waals surface area (Å²) in [6, 6.07) is 11.6. The summed E-state index contributed by atoms with van der Waals surface area (Å²) in [4.78, 5) is 0.0377. The quantitative estimate of drug-likeness (QED) is 0.940. The average molecular weight is 312 g/mol. The minimum Gasteiger partial charge on any atom is -0.495 e. The van der Waals surface area contributed by atoms with Crippen LogP contribution in [0, 0.1) is 6.92 Å². The highest BCUT2D eigenvalue weighted by Crippen LogP contribution is 2.29. The molecule has 2 aromatic rings. The maximum absolute atomic E-state index is 12.4. The van der Waals surface area contributed by atoms with Gasteiger partial charge < -0.3 is 4.74 Å². The molecule has 0 fully saturated rings. The van der Waals surface area contributed by atoms with Crippen molar-refractivity contribution in [2.45, 2.75) is 11.8 Å². The molecular weight excluding hydrogens is 298 g/mol. The van der Waals surface area contributed by atoms with Crippen LogP contribution >= 0.6 is 11.6 Å². The molecule has 106 valence electrons. The first kappa shape index (κ1) is 14.7. The molecule has 0 aliphatic rings. The first-order chi connectivity index (χ1) is 9.44. The van der Waals surface area contributed by atoms with Crippen molar-refractivity contribution in [3.63, 3.8) is 0 Å². The Morgan fingerprint density at radius 3 is 2.50 bits per heavy atom. The summed E-state index contributed by atoms with van der Waals surface area (Å²) in [5.74, 6) is 0.444. The molecule has 4 nitrogen and oxygen atoms in total. The van der Waals surface area contributed by atoms with Crippen LogP contribution in [0.1, 0.15) is 5.56 Å². The van der Waals surface area contributed by atoms with Gasteiger partial charge in [0, 0.05) is 0 Å². The van der Waals surface area contributed by atoms with Crippen molar-refractivity contribution in [3.05, 3.63) is 53.1 Å². The summed E-state index contributed by atoms with van der Waals surface area (Å²) in [6.45, 7) is 1.84. The first-order valence-corrected chi connectivity index (χ1v) is 7.72. The Balaban J connectivity index is 2.41. The first-order valence-electron chi connectivity index (χ1n) is 5.86. The maximum Gasteiger partial charge on any atom is 0.263 e. The van der Waals surface area contributed by atoms with E-state index in [1.807, 2.05) is 6.92 Å². The van der Waals surface area contributed by atoms with Gasteiger partial charge in [-0.1, -0.05) is 29.8 Å². The summed E-state index contributed by atoms with van der Waals surface area (Å²) >= 11 is 6.00. The van der Waals surface area contributed by atoms with E-state index in [0.29, 0.717) is 11.4 Å². The van der Waals surface area contributed by atoms with Gasteiger partial charge in [-0.25, -0.2) is 8.42 Å². The zero-order chi connectivity index (χ0) is 14.8. The second-order valence-electron chi connectivity index (χ2n) is 4.24. The highest BCUT2D eigenvalue weighted by molar-refractivity contribution is 7.92. The van der Waals surface area contributed by atoms with Crippen LogP contribution < -0.4 is 9.46 Å². The summed E-state index contributed by atoms with van der Waals surface area (Å²) in [7, 11) is -2.28. The molecule has 0 aromatic heterocycles. The Bertz CT molecular complexity index is 729. The number of methoxy groups -OCH3 is 1. The molecule has 0 unspecified atom stereocenters. The van der Waals surface area contributed by atoms with Gasteiger partial charge in [0.1, 0.15) is 10.6 Å². The Hall–Kier alpha value is -1.72. The van der Waals surface area contributed by atoms with Gasteiger partial charge in [-0.3, -0.25) is 4.72 Å². The summed E-state index contributed by atoms with van der Waals surface area (Å²) in [5.41, 5.74) is 1.26. The molecule has 0 aliphatic heterocycles. The Kier molecular flexibility index (Phi) is 4.20. The molecule has 0 atom stereocenters. The number of hydrogen-bond acceptors (Lipinski definition) is 3. The third-order valence-electron chi connectivity index (χ3n) is 2.73. The normalized spacial score (nSPS) is 11.2. The Morgan fingerprint density at radius 2 is 1.85 bits per heavy atom. The van der Waals surface area contributed by atoms with E-state index >= 15 is 0 Å². The van der Waals surface area contributed by atoms with E-state index < -0.39 is 10.0 Å². The zero-order valence-electron chi connectivity index (χ0n) is 11.1. The molecule has 2 rings (SSSR count). The number of rotatable bonds is 4. The van der Waals surface area contributed by atoms with Crippen molar-refractivity contribution in [1.82, 2.24) is 0 Å². The monoisotopic (exact) mass is 311 g/mol. The van der Waals surface area contributed by atoms with E-state index in [2.05, 4.69) is 4.72 Å². The third kappa shape index (κ3) is 3.05. The molecule has 0 saturated heterocycles. The summed E-state index contributed by atoms with van der Waals surface area (Å²) in [6.07, 6.45) is 0. The Labute approximate surface area is 123 Å². The zero-order valence-corrected chi connectivity index (χ0v) is 12.6. The van der Waals surface area contributed by atoms with Gasteiger partial charge in [0.2, 0.25) is 0 Å². The van der Waals surface area contributed by atoms with Crippen molar-refractivity contribution in [3.8, 4) is 5.75 Å². The SMILES string of the molecule is COc1ccccc1NS(=O)(=O)c1ccc(C)cc1Cl. The van der Waals surface area contributed by atoms with Crippen LogP contribution in [0.2, 0.25) is 5.02 Å². The molecule has 0 bridgehead atoms. The summed E-state index contributed by atoms with van der Waals surface area (Å²) < 4.78 is 32.3. The van der Waals surface area contributed by atoms with E-state index in [9.17, 15) is 8.42 Å². The largest absolute Gasteiger partial charge is 0.495 e. The van der Waals surface area contributed by atoms with Gasteiger partial charge in [0.05, 0.1) is 17.8 Å². The predicted molar refractivity (Wildman–Crippen MR) is 80.0 cm³/mol. The highest BCUT2D eigenvalue weighted by atomic mass is 35.5. The van der Waals surface area contributed by atoms with Gasteiger partial charge in [-0.15, -0.1) is 0 Å². The number of para-hydroxylation sites is 2. The third-order valence-corrected chi connectivity index (χ3v) is 4.58. The van der Waals surface area contributed by atoms with Crippen LogP contribution in [-0.2, 0) is 10.0 Å². The van der Waals surface area contributed by atoms with Crippen LogP contribution in [0.4, 0.5) is 5.69 Å². The molecule has 0 radical (unpaired) electrons. The molecule has 0 heterocycles. The molecule has 2 aromatic carbocycles.